The maximum absolute atomic E-state index is 12.3. The molecule has 0 bridgehead atoms. The van der Waals surface area contributed by atoms with Crippen molar-refractivity contribution in [3.63, 3.8) is 0 Å². The number of sulfonamides is 1. The van der Waals surface area contributed by atoms with Gasteiger partial charge in [-0.1, -0.05) is 41.6 Å². The number of hydrogen-bond acceptors (Lipinski definition) is 7. The highest BCUT2D eigenvalue weighted by molar-refractivity contribution is 7.99. The van der Waals surface area contributed by atoms with Gasteiger partial charge in [0, 0.05) is 12.3 Å². The van der Waals surface area contributed by atoms with E-state index in [4.69, 9.17) is 4.74 Å². The van der Waals surface area contributed by atoms with E-state index in [1.165, 1.54) is 11.8 Å². The van der Waals surface area contributed by atoms with Crippen molar-refractivity contribution in [1.82, 2.24) is 24.9 Å². The Labute approximate surface area is 168 Å². The van der Waals surface area contributed by atoms with Crippen molar-refractivity contribution in [2.24, 2.45) is 0 Å². The maximum Gasteiger partial charge on any atom is 0.240 e. The van der Waals surface area contributed by atoms with Gasteiger partial charge in [-0.2, -0.15) is 4.68 Å². The Balaban J connectivity index is 1.63. The van der Waals surface area contributed by atoms with Crippen LogP contribution in [-0.4, -0.2) is 47.5 Å². The average molecular weight is 420 g/mol. The summed E-state index contributed by atoms with van der Waals surface area (Å²) >= 11 is 1.36. The molecular formula is C18H21N5O3S2. The Morgan fingerprint density at radius 1 is 1.14 bits per heavy atom. The molecule has 0 saturated carbocycles. The third-order valence-electron chi connectivity index (χ3n) is 3.79. The van der Waals surface area contributed by atoms with Gasteiger partial charge in [-0.3, -0.25) is 0 Å². The SMILES string of the molecule is CCOc1ccccc1-n1nnnc1SCCNS(=O)(=O)c1ccc(C)cc1. The average Bonchev–Trinajstić information content (AvgIpc) is 3.15. The number of benzene rings is 2. The van der Waals surface area contributed by atoms with Gasteiger partial charge in [0.2, 0.25) is 15.2 Å². The number of ether oxygens (including phenoxy) is 1. The molecule has 8 nitrogen and oxygen atoms in total. The number of nitrogens with one attached hydrogen (secondary N) is 1. The zero-order valence-electron chi connectivity index (χ0n) is 15.6. The molecule has 3 aromatic rings. The van der Waals surface area contributed by atoms with Crippen LogP contribution in [0.15, 0.2) is 58.6 Å². The summed E-state index contributed by atoms with van der Waals surface area (Å²) in [6.45, 7) is 4.60. The molecule has 0 amide bonds. The van der Waals surface area contributed by atoms with Crippen LogP contribution in [-0.2, 0) is 10.0 Å². The normalized spacial score (nSPS) is 11.5. The molecule has 1 N–H and O–H groups in total. The minimum Gasteiger partial charge on any atom is -0.492 e. The van der Waals surface area contributed by atoms with Crippen molar-refractivity contribution in [2.45, 2.75) is 23.9 Å². The topological polar surface area (TPSA) is 99.0 Å². The molecule has 0 spiro atoms. The van der Waals surface area contributed by atoms with E-state index < -0.39 is 10.0 Å². The summed E-state index contributed by atoms with van der Waals surface area (Å²) in [7, 11) is -3.54. The fraction of sp³-hybridized carbons (Fsp3) is 0.278. The highest BCUT2D eigenvalue weighted by Gasteiger charge is 2.15. The van der Waals surface area contributed by atoms with Crippen LogP contribution < -0.4 is 9.46 Å². The first-order chi connectivity index (χ1) is 13.5. The van der Waals surface area contributed by atoms with Crippen LogP contribution in [0.3, 0.4) is 0 Å². The molecule has 0 aliphatic carbocycles. The summed E-state index contributed by atoms with van der Waals surface area (Å²) in [4.78, 5) is 0.249. The van der Waals surface area contributed by atoms with E-state index in [2.05, 4.69) is 20.2 Å². The molecule has 0 unspecified atom stereocenters. The van der Waals surface area contributed by atoms with Crippen molar-refractivity contribution in [3.8, 4) is 11.4 Å². The lowest BCUT2D eigenvalue weighted by molar-refractivity contribution is 0.337. The Kier molecular flexibility index (Phi) is 6.65. The Bertz CT molecular complexity index is 1020. The van der Waals surface area contributed by atoms with Gasteiger partial charge < -0.3 is 4.74 Å². The third kappa shape index (κ3) is 4.89. The van der Waals surface area contributed by atoms with Gasteiger partial charge in [0.25, 0.3) is 0 Å². The van der Waals surface area contributed by atoms with Crippen molar-refractivity contribution < 1.29 is 13.2 Å². The van der Waals surface area contributed by atoms with Crippen LogP contribution >= 0.6 is 11.8 Å². The lowest BCUT2D eigenvalue weighted by Gasteiger charge is -2.10. The number of rotatable bonds is 9. The van der Waals surface area contributed by atoms with E-state index in [9.17, 15) is 8.42 Å². The summed E-state index contributed by atoms with van der Waals surface area (Å²) in [6.07, 6.45) is 0. The monoisotopic (exact) mass is 419 g/mol. The quantitative estimate of drug-likeness (QED) is 0.420. The summed E-state index contributed by atoms with van der Waals surface area (Å²) in [5.74, 6) is 1.15. The second kappa shape index (κ2) is 9.18. The van der Waals surface area contributed by atoms with Gasteiger partial charge in [0.05, 0.1) is 11.5 Å². The predicted octanol–water partition coefficient (Wildman–Crippen LogP) is 2.44. The number of aryl methyl sites for hydroxylation is 1. The van der Waals surface area contributed by atoms with Crippen LogP contribution in [0.1, 0.15) is 12.5 Å². The fourth-order valence-corrected chi connectivity index (χ4v) is 4.35. The van der Waals surface area contributed by atoms with Crippen LogP contribution in [0.5, 0.6) is 5.75 Å². The molecule has 3 rings (SSSR count). The highest BCUT2D eigenvalue weighted by atomic mass is 32.2. The molecule has 0 aliphatic heterocycles. The van der Waals surface area contributed by atoms with Crippen molar-refractivity contribution in [2.75, 3.05) is 18.9 Å². The highest BCUT2D eigenvalue weighted by Crippen LogP contribution is 2.25. The number of thioether (sulfide) groups is 1. The molecule has 1 aromatic heterocycles. The molecular weight excluding hydrogens is 398 g/mol. The molecule has 0 fully saturated rings. The van der Waals surface area contributed by atoms with Crippen LogP contribution in [0.25, 0.3) is 5.69 Å². The van der Waals surface area contributed by atoms with E-state index >= 15 is 0 Å². The van der Waals surface area contributed by atoms with Crippen LogP contribution in [0, 0.1) is 6.92 Å². The summed E-state index contributed by atoms with van der Waals surface area (Å²) in [5, 5.41) is 12.3. The van der Waals surface area contributed by atoms with E-state index in [0.29, 0.717) is 23.3 Å². The maximum atomic E-state index is 12.3. The standard InChI is InChI=1S/C18H21N5O3S2/c1-3-26-17-7-5-4-6-16(17)23-18(20-21-22-23)27-13-12-19-28(24,25)15-10-8-14(2)9-11-15/h4-11,19H,3,12-13H2,1-2H3. The zero-order valence-corrected chi connectivity index (χ0v) is 17.2. The number of aromatic nitrogens is 4. The summed E-state index contributed by atoms with van der Waals surface area (Å²) in [6, 6.07) is 14.2. The predicted molar refractivity (Wildman–Crippen MR) is 107 cm³/mol. The minimum absolute atomic E-state index is 0.249. The Morgan fingerprint density at radius 2 is 1.89 bits per heavy atom. The summed E-state index contributed by atoms with van der Waals surface area (Å²) < 4.78 is 34.5. The molecule has 148 valence electrons. The first-order valence-electron chi connectivity index (χ1n) is 8.71. The fourth-order valence-electron chi connectivity index (χ4n) is 2.45. The van der Waals surface area contributed by atoms with E-state index in [-0.39, 0.29) is 11.4 Å². The zero-order chi connectivity index (χ0) is 20.0. The Hall–Kier alpha value is -2.43. The molecule has 0 radical (unpaired) electrons. The van der Waals surface area contributed by atoms with Gasteiger partial charge in [-0.25, -0.2) is 13.1 Å². The molecule has 1 heterocycles. The lowest BCUT2D eigenvalue weighted by Crippen LogP contribution is -2.26. The molecule has 10 heteroatoms. The van der Waals surface area contributed by atoms with Gasteiger partial charge in [-0.05, 0) is 48.5 Å². The van der Waals surface area contributed by atoms with Gasteiger partial charge in [-0.15, -0.1) is 5.10 Å². The number of tetrazole rings is 1. The van der Waals surface area contributed by atoms with Gasteiger partial charge in [0.1, 0.15) is 11.4 Å². The smallest absolute Gasteiger partial charge is 0.240 e. The van der Waals surface area contributed by atoms with E-state index in [0.717, 1.165) is 11.3 Å². The van der Waals surface area contributed by atoms with E-state index in [1.54, 1.807) is 28.9 Å². The van der Waals surface area contributed by atoms with Gasteiger partial charge in [0.15, 0.2) is 0 Å². The van der Waals surface area contributed by atoms with Crippen LogP contribution in [0.2, 0.25) is 0 Å². The number of hydrogen-bond donors (Lipinski definition) is 1. The molecule has 0 aliphatic rings. The first-order valence-corrected chi connectivity index (χ1v) is 11.2. The Morgan fingerprint density at radius 3 is 2.64 bits per heavy atom. The van der Waals surface area contributed by atoms with E-state index in [1.807, 2.05) is 38.1 Å². The third-order valence-corrected chi connectivity index (χ3v) is 6.19. The molecule has 2 aromatic carbocycles. The van der Waals surface area contributed by atoms with Crippen molar-refractivity contribution in [3.05, 3.63) is 54.1 Å². The minimum atomic E-state index is -3.54. The number of nitrogens with zero attached hydrogens (tertiary/aromatic N) is 4. The van der Waals surface area contributed by atoms with Gasteiger partial charge >= 0.3 is 0 Å². The lowest BCUT2D eigenvalue weighted by atomic mass is 10.2. The molecule has 0 saturated heterocycles. The van der Waals surface area contributed by atoms with Crippen molar-refractivity contribution >= 4 is 21.8 Å². The second-order valence-electron chi connectivity index (χ2n) is 5.83. The summed E-state index contributed by atoms with van der Waals surface area (Å²) in [5.41, 5.74) is 1.74. The molecule has 28 heavy (non-hydrogen) atoms. The van der Waals surface area contributed by atoms with Crippen LogP contribution in [0.4, 0.5) is 0 Å². The second-order valence-corrected chi connectivity index (χ2v) is 8.66. The first kappa shape index (κ1) is 20.3. The molecule has 0 atom stereocenters. The van der Waals surface area contributed by atoms with Crippen molar-refractivity contribution in [1.29, 1.82) is 0 Å². The largest absolute Gasteiger partial charge is 0.492 e. The number of para-hydroxylation sites is 2.